The summed E-state index contributed by atoms with van der Waals surface area (Å²) < 4.78 is 5.38. The van der Waals surface area contributed by atoms with E-state index < -0.39 is 5.60 Å². The van der Waals surface area contributed by atoms with Crippen LogP contribution in [0.3, 0.4) is 0 Å². The van der Waals surface area contributed by atoms with Gasteiger partial charge in [0.2, 0.25) is 0 Å². The van der Waals surface area contributed by atoms with E-state index in [9.17, 15) is 5.11 Å². The molecule has 1 N–H and O–H groups in total. The summed E-state index contributed by atoms with van der Waals surface area (Å²) >= 11 is 6.06. The van der Waals surface area contributed by atoms with Crippen molar-refractivity contribution in [1.82, 2.24) is 0 Å². The summed E-state index contributed by atoms with van der Waals surface area (Å²) in [6, 6.07) is 5.61. The van der Waals surface area contributed by atoms with Crippen LogP contribution in [-0.2, 0) is 6.42 Å². The Morgan fingerprint density at radius 1 is 1.35 bits per heavy atom. The Labute approximate surface area is 127 Å². The second-order valence-corrected chi connectivity index (χ2v) is 6.88. The maximum Gasteiger partial charge on any atom is 0.122 e. The molecule has 2 nitrogen and oxygen atoms in total. The topological polar surface area (TPSA) is 29.5 Å². The lowest BCUT2D eigenvalue weighted by atomic mass is 9.72. The fraction of sp³-hybridized carbons (Fsp3) is 0.647. The minimum absolute atomic E-state index is 0.608. The monoisotopic (exact) mass is 296 g/mol. The van der Waals surface area contributed by atoms with E-state index >= 15 is 0 Å². The smallest absolute Gasteiger partial charge is 0.122 e. The number of ether oxygens (including phenoxy) is 1. The van der Waals surface area contributed by atoms with Gasteiger partial charge in [-0.2, -0.15) is 0 Å². The van der Waals surface area contributed by atoms with Crippen LogP contribution in [0.4, 0.5) is 0 Å². The van der Waals surface area contributed by atoms with E-state index in [4.69, 9.17) is 16.3 Å². The molecule has 0 unspecified atom stereocenters. The molecule has 1 saturated carbocycles. The molecule has 0 saturated heterocycles. The molecule has 112 valence electrons. The lowest BCUT2D eigenvalue weighted by molar-refractivity contribution is -0.0150. The summed E-state index contributed by atoms with van der Waals surface area (Å²) in [5.74, 6) is 2.27. The summed E-state index contributed by atoms with van der Waals surface area (Å²) in [4.78, 5) is 0. The Morgan fingerprint density at radius 3 is 2.55 bits per heavy atom. The van der Waals surface area contributed by atoms with Gasteiger partial charge < -0.3 is 9.84 Å². The Bertz CT molecular complexity index is 448. The number of hydrogen-bond donors (Lipinski definition) is 1. The molecule has 0 radical (unpaired) electrons. The molecule has 0 aromatic heterocycles. The van der Waals surface area contributed by atoms with Gasteiger partial charge in [-0.15, -0.1) is 0 Å². The zero-order valence-electron chi connectivity index (χ0n) is 12.7. The van der Waals surface area contributed by atoms with Crippen molar-refractivity contribution >= 4 is 11.6 Å². The molecule has 20 heavy (non-hydrogen) atoms. The Kier molecular flexibility index (Phi) is 4.98. The molecular weight excluding hydrogens is 272 g/mol. The average Bonchev–Trinajstić information content (AvgIpc) is 2.39. The fourth-order valence-corrected chi connectivity index (χ4v) is 3.46. The number of rotatable bonds is 4. The Balaban J connectivity index is 2.08. The molecule has 1 fully saturated rings. The molecule has 0 bridgehead atoms. The van der Waals surface area contributed by atoms with E-state index in [1.54, 1.807) is 7.11 Å². The minimum atomic E-state index is -0.608. The number of aliphatic hydroxyl groups is 1. The third-order valence-corrected chi connectivity index (χ3v) is 4.90. The van der Waals surface area contributed by atoms with Crippen LogP contribution in [0, 0.1) is 11.8 Å². The predicted octanol–water partition coefficient (Wildman–Crippen LogP) is 4.47. The molecule has 0 aliphatic heterocycles. The molecule has 0 amide bonds. The fourth-order valence-electron chi connectivity index (χ4n) is 3.26. The first-order chi connectivity index (χ1) is 9.43. The Hall–Kier alpha value is -0.730. The second kappa shape index (κ2) is 6.36. The zero-order valence-corrected chi connectivity index (χ0v) is 13.4. The standard InChI is InChI=1S/C17H25ClO2/c1-12(2)13-6-8-17(19,9-7-13)11-14-10-15(18)4-5-16(14)20-3/h4-5,10,12-13,19H,6-9,11H2,1-3H3. The molecular formula is C17H25ClO2. The molecule has 3 heteroatoms. The van der Waals surface area contributed by atoms with Gasteiger partial charge in [-0.25, -0.2) is 0 Å². The first kappa shape index (κ1) is 15.7. The van der Waals surface area contributed by atoms with E-state index in [2.05, 4.69) is 13.8 Å². The quantitative estimate of drug-likeness (QED) is 0.888. The molecule has 0 atom stereocenters. The van der Waals surface area contributed by atoms with Crippen LogP contribution in [0.2, 0.25) is 5.02 Å². The summed E-state index contributed by atoms with van der Waals surface area (Å²) in [6.07, 6.45) is 4.58. The Morgan fingerprint density at radius 2 is 2.00 bits per heavy atom. The van der Waals surface area contributed by atoms with Crippen molar-refractivity contribution in [2.75, 3.05) is 7.11 Å². The number of halogens is 1. The number of methoxy groups -OCH3 is 1. The van der Waals surface area contributed by atoms with E-state index in [1.165, 1.54) is 0 Å². The van der Waals surface area contributed by atoms with Crippen LogP contribution in [0.5, 0.6) is 5.75 Å². The van der Waals surface area contributed by atoms with Crippen molar-refractivity contribution in [3.63, 3.8) is 0 Å². The van der Waals surface area contributed by atoms with Crippen molar-refractivity contribution in [3.05, 3.63) is 28.8 Å². The largest absolute Gasteiger partial charge is 0.496 e. The van der Waals surface area contributed by atoms with Crippen LogP contribution in [-0.4, -0.2) is 17.8 Å². The van der Waals surface area contributed by atoms with Gasteiger partial charge in [-0.05, 0) is 61.3 Å². The minimum Gasteiger partial charge on any atom is -0.496 e. The van der Waals surface area contributed by atoms with Gasteiger partial charge >= 0.3 is 0 Å². The lowest BCUT2D eigenvalue weighted by Crippen LogP contribution is -2.37. The summed E-state index contributed by atoms with van der Waals surface area (Å²) in [7, 11) is 1.66. The van der Waals surface area contributed by atoms with Gasteiger partial charge in [-0.3, -0.25) is 0 Å². The van der Waals surface area contributed by atoms with E-state index in [0.717, 1.165) is 42.9 Å². The molecule has 1 aliphatic rings. The van der Waals surface area contributed by atoms with Gasteiger partial charge in [0.1, 0.15) is 5.75 Å². The first-order valence-electron chi connectivity index (χ1n) is 7.48. The van der Waals surface area contributed by atoms with Crippen molar-refractivity contribution in [3.8, 4) is 5.75 Å². The number of benzene rings is 1. The average molecular weight is 297 g/mol. The van der Waals surface area contributed by atoms with Crippen LogP contribution in [0.1, 0.15) is 45.1 Å². The first-order valence-corrected chi connectivity index (χ1v) is 7.86. The van der Waals surface area contributed by atoms with Crippen molar-refractivity contribution in [2.45, 2.75) is 51.6 Å². The van der Waals surface area contributed by atoms with Crippen LogP contribution in [0.15, 0.2) is 18.2 Å². The third kappa shape index (κ3) is 3.67. The predicted molar refractivity (Wildman–Crippen MR) is 83.5 cm³/mol. The van der Waals surface area contributed by atoms with E-state index in [0.29, 0.717) is 17.4 Å². The second-order valence-electron chi connectivity index (χ2n) is 6.44. The van der Waals surface area contributed by atoms with Gasteiger partial charge in [0, 0.05) is 11.4 Å². The summed E-state index contributed by atoms with van der Waals surface area (Å²) in [6.45, 7) is 4.55. The normalized spacial score (nSPS) is 26.8. The highest BCUT2D eigenvalue weighted by Crippen LogP contribution is 2.39. The molecule has 0 spiro atoms. The molecule has 2 rings (SSSR count). The highest BCUT2D eigenvalue weighted by atomic mass is 35.5. The molecule has 1 aromatic rings. The number of hydrogen-bond acceptors (Lipinski definition) is 2. The van der Waals surface area contributed by atoms with Crippen LogP contribution in [0.25, 0.3) is 0 Å². The van der Waals surface area contributed by atoms with E-state index in [1.807, 2.05) is 18.2 Å². The maximum absolute atomic E-state index is 10.8. The van der Waals surface area contributed by atoms with Gasteiger partial charge in [0.05, 0.1) is 12.7 Å². The highest BCUT2D eigenvalue weighted by molar-refractivity contribution is 6.30. The highest BCUT2D eigenvalue weighted by Gasteiger charge is 2.34. The zero-order chi connectivity index (χ0) is 14.8. The maximum atomic E-state index is 10.8. The van der Waals surface area contributed by atoms with Gasteiger partial charge in [-0.1, -0.05) is 25.4 Å². The lowest BCUT2D eigenvalue weighted by Gasteiger charge is -2.38. The summed E-state index contributed by atoms with van der Waals surface area (Å²) in [5, 5.41) is 11.5. The van der Waals surface area contributed by atoms with E-state index in [-0.39, 0.29) is 0 Å². The SMILES string of the molecule is COc1ccc(Cl)cc1CC1(O)CCC(C(C)C)CC1. The molecule has 1 aliphatic carbocycles. The molecule has 0 heterocycles. The van der Waals surface area contributed by atoms with Crippen LogP contribution >= 0.6 is 11.6 Å². The molecule has 1 aromatic carbocycles. The summed E-state index contributed by atoms with van der Waals surface area (Å²) in [5.41, 5.74) is 0.397. The van der Waals surface area contributed by atoms with Gasteiger partial charge in [0.15, 0.2) is 0 Å². The van der Waals surface area contributed by atoms with Crippen molar-refractivity contribution in [2.24, 2.45) is 11.8 Å². The van der Waals surface area contributed by atoms with Crippen molar-refractivity contribution < 1.29 is 9.84 Å². The van der Waals surface area contributed by atoms with Crippen molar-refractivity contribution in [1.29, 1.82) is 0 Å². The van der Waals surface area contributed by atoms with Crippen LogP contribution < -0.4 is 4.74 Å². The van der Waals surface area contributed by atoms with Gasteiger partial charge in [0.25, 0.3) is 0 Å². The third-order valence-electron chi connectivity index (χ3n) is 4.67.